The van der Waals surface area contributed by atoms with Crippen molar-refractivity contribution in [3.8, 4) is 0 Å². The van der Waals surface area contributed by atoms with Gasteiger partial charge in [-0.15, -0.1) is 0 Å². The van der Waals surface area contributed by atoms with Crippen LogP contribution in [0.25, 0.3) is 0 Å². The van der Waals surface area contributed by atoms with Gasteiger partial charge in [0.1, 0.15) is 5.54 Å². The highest BCUT2D eigenvalue weighted by molar-refractivity contribution is 5.78. The molecule has 1 aliphatic rings. The van der Waals surface area contributed by atoms with Crippen LogP contribution < -0.4 is 5.32 Å². The maximum atomic E-state index is 11.5. The second-order valence-corrected chi connectivity index (χ2v) is 6.65. The van der Waals surface area contributed by atoms with E-state index in [1.54, 1.807) is 0 Å². The van der Waals surface area contributed by atoms with Crippen molar-refractivity contribution in [2.24, 2.45) is 11.3 Å². The second kappa shape index (κ2) is 5.38. The molecule has 0 atom stereocenters. The van der Waals surface area contributed by atoms with Gasteiger partial charge in [0.2, 0.25) is 0 Å². The van der Waals surface area contributed by atoms with E-state index in [0.29, 0.717) is 0 Å². The Hall–Kier alpha value is -0.570. The quantitative estimate of drug-likeness (QED) is 0.795. The molecule has 0 spiro atoms. The molecule has 0 bridgehead atoms. The van der Waals surface area contributed by atoms with Gasteiger partial charge in [-0.25, -0.2) is 0 Å². The Balaban J connectivity index is 2.62. The number of rotatable bonds is 4. The van der Waals surface area contributed by atoms with Crippen LogP contribution in [0.4, 0.5) is 0 Å². The molecule has 17 heavy (non-hydrogen) atoms. The summed E-state index contributed by atoms with van der Waals surface area (Å²) in [5, 5.41) is 12.8. The van der Waals surface area contributed by atoms with Crippen LogP contribution in [0.15, 0.2) is 0 Å². The number of carboxylic acid groups (broad SMARTS) is 1. The predicted octanol–water partition coefficient (Wildman–Crippen LogP) is 3.05. The number of hydrogen-bond donors (Lipinski definition) is 2. The molecular weight excluding hydrogens is 214 g/mol. The Kier molecular flexibility index (Phi) is 4.59. The highest BCUT2D eigenvalue weighted by Gasteiger charge is 2.41. The van der Waals surface area contributed by atoms with Crippen LogP contribution in [0.5, 0.6) is 0 Å². The monoisotopic (exact) mass is 241 g/mol. The van der Waals surface area contributed by atoms with Crippen molar-refractivity contribution in [3.63, 3.8) is 0 Å². The lowest BCUT2D eigenvalue weighted by atomic mass is 9.75. The molecule has 0 aromatic heterocycles. The summed E-state index contributed by atoms with van der Waals surface area (Å²) in [5.74, 6) is 0.0511. The number of carboxylic acids is 1. The molecule has 1 fully saturated rings. The van der Waals surface area contributed by atoms with Gasteiger partial charge in [-0.1, -0.05) is 34.1 Å². The fraction of sp³-hybridized carbons (Fsp3) is 0.929. The van der Waals surface area contributed by atoms with E-state index in [4.69, 9.17) is 0 Å². The van der Waals surface area contributed by atoms with E-state index in [2.05, 4.69) is 33.0 Å². The highest BCUT2D eigenvalue weighted by Crippen LogP contribution is 2.34. The lowest BCUT2D eigenvalue weighted by Gasteiger charge is -2.39. The van der Waals surface area contributed by atoms with E-state index >= 15 is 0 Å². The first-order valence-electron chi connectivity index (χ1n) is 6.77. The third-order valence-corrected chi connectivity index (χ3v) is 3.90. The Morgan fingerprint density at radius 1 is 1.35 bits per heavy atom. The summed E-state index contributed by atoms with van der Waals surface area (Å²) in [7, 11) is 0. The van der Waals surface area contributed by atoms with Crippen molar-refractivity contribution in [2.45, 2.75) is 65.3 Å². The number of aliphatic carboxylic acids is 1. The average Bonchev–Trinajstić information content (AvgIpc) is 2.26. The maximum absolute atomic E-state index is 11.5. The molecule has 0 saturated heterocycles. The van der Waals surface area contributed by atoms with Gasteiger partial charge >= 0.3 is 5.97 Å². The van der Waals surface area contributed by atoms with Gasteiger partial charge in [0, 0.05) is 6.54 Å². The number of hydrogen-bond acceptors (Lipinski definition) is 2. The smallest absolute Gasteiger partial charge is 0.323 e. The van der Waals surface area contributed by atoms with E-state index in [1.165, 1.54) is 6.42 Å². The van der Waals surface area contributed by atoms with Gasteiger partial charge in [-0.2, -0.15) is 0 Å². The van der Waals surface area contributed by atoms with E-state index in [-0.39, 0.29) is 5.41 Å². The van der Waals surface area contributed by atoms with Crippen molar-refractivity contribution in [2.75, 3.05) is 6.54 Å². The summed E-state index contributed by atoms with van der Waals surface area (Å²) in [5.41, 5.74) is -0.539. The van der Waals surface area contributed by atoms with Crippen LogP contribution in [0, 0.1) is 11.3 Å². The van der Waals surface area contributed by atoms with E-state index in [0.717, 1.165) is 38.1 Å². The zero-order chi connectivity index (χ0) is 13.1. The van der Waals surface area contributed by atoms with Crippen molar-refractivity contribution in [1.82, 2.24) is 5.32 Å². The standard InChI is InChI=1S/C14H27NO2/c1-5-11-6-8-14(9-7-11,12(16)17)15-10-13(2,3)4/h11,15H,5-10H2,1-4H3,(H,16,17). The number of carbonyl (C=O) groups is 1. The Labute approximate surface area is 105 Å². The van der Waals surface area contributed by atoms with Crippen molar-refractivity contribution in [3.05, 3.63) is 0 Å². The molecule has 0 amide bonds. The molecule has 100 valence electrons. The van der Waals surface area contributed by atoms with Gasteiger partial charge in [0.05, 0.1) is 0 Å². The van der Waals surface area contributed by atoms with Crippen LogP contribution in [0.3, 0.4) is 0 Å². The molecular formula is C14H27NO2. The third kappa shape index (κ3) is 3.98. The molecule has 0 radical (unpaired) electrons. The lowest BCUT2D eigenvalue weighted by Crippen LogP contribution is -2.56. The Bertz CT molecular complexity index is 260. The molecule has 3 heteroatoms. The Morgan fingerprint density at radius 2 is 1.88 bits per heavy atom. The molecule has 1 saturated carbocycles. The fourth-order valence-corrected chi connectivity index (χ4v) is 2.48. The van der Waals surface area contributed by atoms with Crippen LogP contribution in [0.2, 0.25) is 0 Å². The molecule has 0 aromatic carbocycles. The lowest BCUT2D eigenvalue weighted by molar-refractivity contribution is -0.147. The largest absolute Gasteiger partial charge is 0.480 e. The molecule has 2 N–H and O–H groups in total. The zero-order valence-electron chi connectivity index (χ0n) is 11.7. The molecule has 0 aliphatic heterocycles. The van der Waals surface area contributed by atoms with Gasteiger partial charge in [-0.3, -0.25) is 4.79 Å². The second-order valence-electron chi connectivity index (χ2n) is 6.65. The summed E-state index contributed by atoms with van der Waals surface area (Å²) in [6.07, 6.45) is 4.81. The molecule has 0 unspecified atom stereocenters. The summed E-state index contributed by atoms with van der Waals surface area (Å²) in [6.45, 7) is 9.35. The SMILES string of the molecule is CCC1CCC(NCC(C)(C)C)(C(=O)O)CC1. The van der Waals surface area contributed by atoms with E-state index < -0.39 is 11.5 Å². The van der Waals surface area contributed by atoms with E-state index in [9.17, 15) is 9.90 Å². The summed E-state index contributed by atoms with van der Waals surface area (Å²) in [6, 6.07) is 0. The van der Waals surface area contributed by atoms with E-state index in [1.807, 2.05) is 0 Å². The van der Waals surface area contributed by atoms with Crippen molar-refractivity contribution >= 4 is 5.97 Å². The summed E-state index contributed by atoms with van der Waals surface area (Å²) in [4.78, 5) is 11.5. The van der Waals surface area contributed by atoms with Crippen LogP contribution >= 0.6 is 0 Å². The van der Waals surface area contributed by atoms with Gasteiger partial charge in [0.25, 0.3) is 0 Å². The zero-order valence-corrected chi connectivity index (χ0v) is 11.7. The van der Waals surface area contributed by atoms with Crippen LogP contribution in [0.1, 0.15) is 59.8 Å². The fourth-order valence-electron chi connectivity index (χ4n) is 2.48. The number of nitrogens with one attached hydrogen (secondary N) is 1. The minimum absolute atomic E-state index is 0.129. The van der Waals surface area contributed by atoms with Crippen LogP contribution in [-0.4, -0.2) is 23.2 Å². The first kappa shape index (κ1) is 14.5. The summed E-state index contributed by atoms with van der Waals surface area (Å²) >= 11 is 0. The maximum Gasteiger partial charge on any atom is 0.323 e. The third-order valence-electron chi connectivity index (χ3n) is 3.90. The Morgan fingerprint density at radius 3 is 2.24 bits per heavy atom. The highest BCUT2D eigenvalue weighted by atomic mass is 16.4. The molecule has 0 heterocycles. The summed E-state index contributed by atoms with van der Waals surface area (Å²) < 4.78 is 0. The van der Waals surface area contributed by atoms with Gasteiger partial charge in [-0.05, 0) is 37.0 Å². The molecule has 3 nitrogen and oxygen atoms in total. The molecule has 1 aliphatic carbocycles. The van der Waals surface area contributed by atoms with Gasteiger partial charge in [0.15, 0.2) is 0 Å². The minimum atomic E-state index is -0.670. The first-order chi connectivity index (χ1) is 7.79. The molecule has 1 rings (SSSR count). The van der Waals surface area contributed by atoms with Gasteiger partial charge < -0.3 is 10.4 Å². The normalized spacial score (nSPS) is 30.2. The molecule has 0 aromatic rings. The topological polar surface area (TPSA) is 49.3 Å². The van der Waals surface area contributed by atoms with Crippen molar-refractivity contribution in [1.29, 1.82) is 0 Å². The predicted molar refractivity (Wildman–Crippen MR) is 70.1 cm³/mol. The van der Waals surface area contributed by atoms with Crippen LogP contribution in [-0.2, 0) is 4.79 Å². The minimum Gasteiger partial charge on any atom is -0.480 e. The first-order valence-corrected chi connectivity index (χ1v) is 6.77. The van der Waals surface area contributed by atoms with Crippen molar-refractivity contribution < 1.29 is 9.90 Å². The average molecular weight is 241 g/mol.